The number of halogens is 2. The molecule has 0 radical (unpaired) electrons. The Labute approximate surface area is 311 Å². The van der Waals surface area contributed by atoms with E-state index in [1.54, 1.807) is 18.3 Å². The maximum atomic E-state index is 13.0. The van der Waals surface area contributed by atoms with E-state index in [4.69, 9.17) is 25.8 Å². The minimum Gasteiger partial charge on any atom is -0.493 e. The van der Waals surface area contributed by atoms with Gasteiger partial charge in [0.1, 0.15) is 23.9 Å². The third-order valence-corrected chi connectivity index (χ3v) is 9.06. The Balaban J connectivity index is 0.00000504. The van der Waals surface area contributed by atoms with Crippen LogP contribution in [0.3, 0.4) is 0 Å². The highest BCUT2D eigenvalue weighted by Gasteiger charge is 2.19. The molecule has 9 heteroatoms. The molecular weight excluding hydrogens is 681 g/mol. The van der Waals surface area contributed by atoms with E-state index in [0.717, 1.165) is 48.5 Å². The van der Waals surface area contributed by atoms with E-state index >= 15 is 0 Å². The van der Waals surface area contributed by atoms with Crippen molar-refractivity contribution in [2.75, 3.05) is 32.8 Å². The lowest BCUT2D eigenvalue weighted by Gasteiger charge is -2.34. The van der Waals surface area contributed by atoms with Crippen molar-refractivity contribution < 1.29 is 19.0 Å². The van der Waals surface area contributed by atoms with Crippen molar-refractivity contribution in [2.24, 2.45) is 0 Å². The molecule has 0 atom stereocenters. The van der Waals surface area contributed by atoms with Gasteiger partial charge in [-0.15, -0.1) is 12.4 Å². The molecule has 1 saturated heterocycles. The highest BCUT2D eigenvalue weighted by atomic mass is 35.5. The van der Waals surface area contributed by atoms with Gasteiger partial charge in [-0.2, -0.15) is 0 Å². The van der Waals surface area contributed by atoms with Crippen LogP contribution in [0.1, 0.15) is 33.4 Å². The van der Waals surface area contributed by atoms with Crippen LogP contribution in [0, 0.1) is 13.8 Å². The number of carbonyl (C=O) groups is 1. The Hall–Kier alpha value is -4.82. The second-order valence-electron chi connectivity index (χ2n) is 12.5. The van der Waals surface area contributed by atoms with Gasteiger partial charge in [0.2, 0.25) is 11.8 Å². The van der Waals surface area contributed by atoms with Gasteiger partial charge in [0.15, 0.2) is 0 Å². The zero-order valence-corrected chi connectivity index (χ0v) is 30.5. The smallest absolute Gasteiger partial charge is 0.246 e. The summed E-state index contributed by atoms with van der Waals surface area (Å²) in [6.07, 6.45) is 6.03. The van der Waals surface area contributed by atoms with Gasteiger partial charge in [-0.05, 0) is 78.6 Å². The molecule has 0 N–H and O–H groups in total. The maximum absolute atomic E-state index is 13.0. The molecule has 1 amide bonds. The number of hydrogen-bond acceptors (Lipinski definition) is 6. The Bertz CT molecular complexity index is 1890. The van der Waals surface area contributed by atoms with Crippen molar-refractivity contribution >= 4 is 36.0 Å². The average Bonchev–Trinajstić information content (AvgIpc) is 3.14. The van der Waals surface area contributed by atoms with Crippen LogP contribution in [0.25, 0.3) is 6.08 Å². The Kier molecular flexibility index (Phi) is 13.5. The second kappa shape index (κ2) is 18.4. The minimum absolute atomic E-state index is 0. The van der Waals surface area contributed by atoms with Gasteiger partial charge in [0.25, 0.3) is 0 Å². The maximum Gasteiger partial charge on any atom is 0.246 e. The summed E-state index contributed by atoms with van der Waals surface area (Å²) in [5, 5.41) is 0.669. The summed E-state index contributed by atoms with van der Waals surface area (Å²) < 4.78 is 17.7. The normalized spacial score (nSPS) is 13.1. The number of benzene rings is 4. The van der Waals surface area contributed by atoms with E-state index in [0.29, 0.717) is 48.7 Å². The Morgan fingerprint density at radius 1 is 0.824 bits per heavy atom. The molecule has 7 nitrogen and oxygen atoms in total. The average molecular weight is 725 g/mol. The second-order valence-corrected chi connectivity index (χ2v) is 12.9. The molecule has 5 aromatic rings. The van der Waals surface area contributed by atoms with Crippen molar-refractivity contribution in [3.63, 3.8) is 0 Å². The van der Waals surface area contributed by atoms with E-state index in [1.165, 1.54) is 16.7 Å². The number of aryl methyl sites for hydroxylation is 2. The first-order chi connectivity index (χ1) is 24.4. The summed E-state index contributed by atoms with van der Waals surface area (Å²) in [7, 11) is 0. The molecule has 0 aliphatic carbocycles. The minimum atomic E-state index is 0. The fourth-order valence-electron chi connectivity index (χ4n) is 5.68. The predicted octanol–water partition coefficient (Wildman–Crippen LogP) is 9.12. The van der Waals surface area contributed by atoms with Crippen LogP contribution in [0.4, 0.5) is 0 Å². The zero-order valence-electron chi connectivity index (χ0n) is 29.0. The number of pyridine rings is 1. The van der Waals surface area contributed by atoms with Gasteiger partial charge in [-0.1, -0.05) is 77.8 Å². The summed E-state index contributed by atoms with van der Waals surface area (Å²) in [6, 6.07) is 34.0. The lowest BCUT2D eigenvalue weighted by Crippen LogP contribution is -2.47. The fourth-order valence-corrected chi connectivity index (χ4v) is 5.87. The standard InChI is InChI=1S/C42H42ClN3O4.ClH/c1-31-7-15-37(16-8-31)48-26-21-33-9-11-35(12-10-33)29-45-22-24-46(25-23-45)42(47)20-14-34-13-18-40(32(2)27-34)50-41-19-17-38(28-44-41)49-30-36-5-3-4-6-39(36)43;/h3-20,27-28H,21-26,29-30H2,1-2H3;1H. The van der Waals surface area contributed by atoms with Crippen molar-refractivity contribution in [2.45, 2.75) is 33.4 Å². The number of ether oxygens (including phenoxy) is 3. The summed E-state index contributed by atoms with van der Waals surface area (Å²) in [4.78, 5) is 21.7. The number of nitrogens with zero attached hydrogens (tertiary/aromatic N) is 3. The van der Waals surface area contributed by atoms with Crippen molar-refractivity contribution in [3.05, 3.63) is 154 Å². The molecule has 1 aliphatic rings. The molecule has 0 spiro atoms. The zero-order chi connectivity index (χ0) is 34.7. The van der Waals surface area contributed by atoms with E-state index in [1.807, 2.05) is 78.6 Å². The molecule has 4 aromatic carbocycles. The van der Waals surface area contributed by atoms with Gasteiger partial charge in [-0.3, -0.25) is 9.69 Å². The van der Waals surface area contributed by atoms with Crippen LogP contribution < -0.4 is 14.2 Å². The van der Waals surface area contributed by atoms with Crippen LogP contribution in [0.2, 0.25) is 5.02 Å². The molecule has 1 aliphatic heterocycles. The first-order valence-corrected chi connectivity index (χ1v) is 17.3. The van der Waals surface area contributed by atoms with Gasteiger partial charge in [0.05, 0.1) is 12.8 Å². The van der Waals surface area contributed by atoms with Crippen LogP contribution in [-0.4, -0.2) is 53.5 Å². The number of rotatable bonds is 13. The fraction of sp³-hybridized carbons (Fsp3) is 0.238. The lowest BCUT2D eigenvalue weighted by atomic mass is 10.1. The van der Waals surface area contributed by atoms with Crippen molar-refractivity contribution in [3.8, 4) is 23.1 Å². The number of aromatic nitrogens is 1. The first kappa shape index (κ1) is 37.4. The number of amides is 1. The molecule has 51 heavy (non-hydrogen) atoms. The highest BCUT2D eigenvalue weighted by Crippen LogP contribution is 2.27. The number of hydrogen-bond donors (Lipinski definition) is 0. The molecule has 1 aromatic heterocycles. The summed E-state index contributed by atoms with van der Waals surface area (Å²) in [5.74, 6) is 2.73. The first-order valence-electron chi connectivity index (χ1n) is 17.0. The van der Waals surface area contributed by atoms with E-state index < -0.39 is 0 Å². The third-order valence-electron chi connectivity index (χ3n) is 8.69. The van der Waals surface area contributed by atoms with Crippen molar-refractivity contribution in [1.29, 1.82) is 0 Å². The molecule has 0 unspecified atom stereocenters. The molecule has 6 rings (SSSR count). The molecule has 264 valence electrons. The Morgan fingerprint density at radius 3 is 2.25 bits per heavy atom. The van der Waals surface area contributed by atoms with Crippen LogP contribution in [0.15, 0.2) is 115 Å². The molecule has 1 fully saturated rings. The largest absolute Gasteiger partial charge is 0.493 e. The monoisotopic (exact) mass is 723 g/mol. The van der Waals surface area contributed by atoms with Crippen LogP contribution in [0.5, 0.6) is 23.1 Å². The predicted molar refractivity (Wildman–Crippen MR) is 206 cm³/mol. The SMILES string of the molecule is Cc1ccc(OCCc2ccc(CN3CCN(C(=O)C=Cc4ccc(Oc5ccc(OCc6ccccc6Cl)cn5)c(C)c4)CC3)cc2)cc1.Cl. The molecule has 2 heterocycles. The lowest BCUT2D eigenvalue weighted by molar-refractivity contribution is -0.127. The third kappa shape index (κ3) is 11.1. The van der Waals surface area contributed by atoms with Gasteiger partial charge >= 0.3 is 0 Å². The summed E-state index contributed by atoms with van der Waals surface area (Å²) in [6.45, 7) is 9.05. The van der Waals surface area contributed by atoms with Crippen LogP contribution >= 0.6 is 24.0 Å². The quantitative estimate of drug-likeness (QED) is 0.113. The van der Waals surface area contributed by atoms with E-state index in [-0.39, 0.29) is 18.3 Å². The van der Waals surface area contributed by atoms with E-state index in [2.05, 4.69) is 53.2 Å². The molecular formula is C42H43Cl2N3O4. The molecule has 0 bridgehead atoms. The topological polar surface area (TPSA) is 64.1 Å². The number of piperazine rings is 1. The highest BCUT2D eigenvalue weighted by molar-refractivity contribution is 6.31. The number of carbonyl (C=O) groups excluding carboxylic acids is 1. The van der Waals surface area contributed by atoms with Gasteiger partial charge < -0.3 is 19.1 Å². The summed E-state index contributed by atoms with van der Waals surface area (Å²) in [5.41, 5.74) is 6.56. The van der Waals surface area contributed by atoms with Gasteiger partial charge in [0, 0.05) is 61.9 Å². The van der Waals surface area contributed by atoms with Crippen LogP contribution in [-0.2, 0) is 24.4 Å². The Morgan fingerprint density at radius 2 is 1.55 bits per heavy atom. The van der Waals surface area contributed by atoms with Crippen molar-refractivity contribution in [1.82, 2.24) is 14.8 Å². The van der Waals surface area contributed by atoms with E-state index in [9.17, 15) is 4.79 Å². The van der Waals surface area contributed by atoms with Gasteiger partial charge in [-0.25, -0.2) is 4.98 Å². The summed E-state index contributed by atoms with van der Waals surface area (Å²) >= 11 is 6.21. The molecule has 0 saturated carbocycles.